The Balaban J connectivity index is 2.11. The Bertz CT molecular complexity index is 786. The van der Waals surface area contributed by atoms with Gasteiger partial charge in [-0.2, -0.15) is 0 Å². The predicted octanol–water partition coefficient (Wildman–Crippen LogP) is 1.91. The fraction of sp³-hybridized carbons (Fsp3) is 0.250. The maximum Gasteiger partial charge on any atom is 0.337 e. The molecule has 0 spiro atoms. The van der Waals surface area contributed by atoms with E-state index >= 15 is 0 Å². The zero-order chi connectivity index (χ0) is 16.9. The molecule has 6 nitrogen and oxygen atoms in total. The fourth-order valence-electron chi connectivity index (χ4n) is 1.98. The molecule has 0 bridgehead atoms. The van der Waals surface area contributed by atoms with Gasteiger partial charge in [-0.3, -0.25) is 4.98 Å². The second kappa shape index (κ2) is 7.34. The number of carbonyl (C=O) groups is 1. The summed E-state index contributed by atoms with van der Waals surface area (Å²) in [6.45, 7) is 1.99. The highest BCUT2D eigenvalue weighted by molar-refractivity contribution is 7.89. The second-order valence-corrected chi connectivity index (χ2v) is 6.62. The number of pyridine rings is 1. The number of sulfonamides is 1. The van der Waals surface area contributed by atoms with E-state index < -0.39 is 16.0 Å². The van der Waals surface area contributed by atoms with Crippen LogP contribution in [-0.2, 0) is 27.7 Å². The van der Waals surface area contributed by atoms with Crippen LogP contribution >= 0.6 is 0 Å². The number of hydrogen-bond acceptors (Lipinski definition) is 5. The number of rotatable bonds is 6. The third-order valence-electron chi connectivity index (χ3n) is 3.32. The van der Waals surface area contributed by atoms with Gasteiger partial charge < -0.3 is 4.74 Å². The first-order valence-corrected chi connectivity index (χ1v) is 8.56. The maximum atomic E-state index is 12.2. The number of esters is 1. The van der Waals surface area contributed by atoms with Gasteiger partial charge in [0.05, 0.1) is 29.8 Å². The minimum Gasteiger partial charge on any atom is -0.465 e. The predicted molar refractivity (Wildman–Crippen MR) is 85.4 cm³/mol. The smallest absolute Gasteiger partial charge is 0.337 e. The minimum absolute atomic E-state index is 0.0112. The number of carbonyl (C=O) groups excluding carboxylic acids is 1. The van der Waals surface area contributed by atoms with Crippen LogP contribution in [0.2, 0.25) is 0 Å². The maximum absolute atomic E-state index is 12.2. The van der Waals surface area contributed by atoms with Crippen molar-refractivity contribution in [3.05, 3.63) is 59.4 Å². The van der Waals surface area contributed by atoms with Crippen LogP contribution in [0.5, 0.6) is 0 Å². The monoisotopic (exact) mass is 334 g/mol. The van der Waals surface area contributed by atoms with Gasteiger partial charge in [0.1, 0.15) is 0 Å². The van der Waals surface area contributed by atoms with Crippen molar-refractivity contribution in [1.82, 2.24) is 9.71 Å². The average Bonchev–Trinajstić information content (AvgIpc) is 2.59. The molecule has 0 atom stereocenters. The van der Waals surface area contributed by atoms with Gasteiger partial charge >= 0.3 is 5.97 Å². The van der Waals surface area contributed by atoms with Crippen LogP contribution in [-0.4, -0.2) is 26.5 Å². The Kier molecular flexibility index (Phi) is 5.46. The van der Waals surface area contributed by atoms with Gasteiger partial charge in [-0.05, 0) is 36.2 Å². The van der Waals surface area contributed by atoms with Crippen LogP contribution in [0.15, 0.2) is 47.5 Å². The van der Waals surface area contributed by atoms with E-state index in [9.17, 15) is 13.2 Å². The number of nitrogens with zero attached hydrogens (tertiary/aromatic N) is 1. The van der Waals surface area contributed by atoms with Crippen LogP contribution < -0.4 is 4.72 Å². The molecule has 1 aromatic heterocycles. The lowest BCUT2D eigenvalue weighted by atomic mass is 10.2. The molecule has 0 unspecified atom stereocenters. The van der Waals surface area contributed by atoms with E-state index in [0.29, 0.717) is 11.3 Å². The van der Waals surface area contributed by atoms with Gasteiger partial charge in [0.25, 0.3) is 0 Å². The van der Waals surface area contributed by atoms with Gasteiger partial charge in [0, 0.05) is 6.20 Å². The van der Waals surface area contributed by atoms with Crippen molar-refractivity contribution in [3.8, 4) is 0 Å². The first-order chi connectivity index (χ1) is 11.0. The second-order valence-electron chi connectivity index (χ2n) is 4.85. The summed E-state index contributed by atoms with van der Waals surface area (Å²) in [7, 11) is -2.35. The zero-order valence-electron chi connectivity index (χ0n) is 12.9. The van der Waals surface area contributed by atoms with Crippen molar-refractivity contribution in [2.75, 3.05) is 7.11 Å². The highest BCUT2D eigenvalue weighted by atomic mass is 32.2. The number of methoxy groups -OCH3 is 1. The molecule has 0 fully saturated rings. The van der Waals surface area contributed by atoms with E-state index in [1.54, 1.807) is 24.3 Å². The molecule has 1 N–H and O–H groups in total. The third-order valence-corrected chi connectivity index (χ3v) is 4.74. The first kappa shape index (κ1) is 17.1. The van der Waals surface area contributed by atoms with Crippen molar-refractivity contribution in [1.29, 1.82) is 0 Å². The Morgan fingerprint density at radius 3 is 2.52 bits per heavy atom. The molecule has 0 aliphatic carbocycles. The van der Waals surface area contributed by atoms with Crippen molar-refractivity contribution in [3.63, 3.8) is 0 Å². The largest absolute Gasteiger partial charge is 0.465 e. The Labute approximate surface area is 135 Å². The lowest BCUT2D eigenvalue weighted by molar-refractivity contribution is 0.0600. The van der Waals surface area contributed by atoms with Gasteiger partial charge in [0.2, 0.25) is 10.0 Å². The van der Waals surface area contributed by atoms with Crippen LogP contribution in [0.4, 0.5) is 0 Å². The van der Waals surface area contributed by atoms with Gasteiger partial charge in [-0.25, -0.2) is 17.9 Å². The summed E-state index contributed by atoms with van der Waals surface area (Å²) in [5, 5.41) is 0. The van der Waals surface area contributed by atoms with E-state index in [0.717, 1.165) is 12.0 Å². The molecular formula is C16H18N2O4S. The number of benzene rings is 1. The number of aryl methyl sites for hydroxylation is 1. The molecule has 7 heteroatoms. The number of ether oxygens (including phenoxy) is 1. The molecule has 122 valence electrons. The summed E-state index contributed by atoms with van der Waals surface area (Å²) in [6.07, 6.45) is 2.28. The molecule has 1 heterocycles. The molecular weight excluding hydrogens is 316 g/mol. The Morgan fingerprint density at radius 1 is 1.22 bits per heavy atom. The highest BCUT2D eigenvalue weighted by Gasteiger charge is 2.14. The van der Waals surface area contributed by atoms with Crippen molar-refractivity contribution < 1.29 is 17.9 Å². The number of nitrogens with one attached hydrogen (secondary N) is 1. The molecule has 0 radical (unpaired) electrons. The van der Waals surface area contributed by atoms with Crippen molar-refractivity contribution in [2.24, 2.45) is 0 Å². The van der Waals surface area contributed by atoms with E-state index in [1.165, 1.54) is 25.4 Å². The topological polar surface area (TPSA) is 85.4 Å². The molecule has 0 aliphatic rings. The van der Waals surface area contributed by atoms with Crippen LogP contribution in [0.25, 0.3) is 0 Å². The molecule has 1 aromatic carbocycles. The molecule has 23 heavy (non-hydrogen) atoms. The standard InChI is InChI=1S/C16H18N2O4S/c1-3-12-4-6-15(7-5-12)23(20,21)18-11-14-10-13(8-9-17-14)16(19)22-2/h4-10,18H,3,11H2,1-2H3. The number of aromatic nitrogens is 1. The van der Waals surface area contributed by atoms with Crippen LogP contribution in [0.3, 0.4) is 0 Å². The molecule has 0 aliphatic heterocycles. The summed E-state index contributed by atoms with van der Waals surface area (Å²) in [5.41, 5.74) is 1.82. The summed E-state index contributed by atoms with van der Waals surface area (Å²) in [5.74, 6) is -0.494. The summed E-state index contributed by atoms with van der Waals surface area (Å²) in [4.78, 5) is 15.7. The lowest BCUT2D eigenvalue weighted by Gasteiger charge is -2.08. The SMILES string of the molecule is CCc1ccc(S(=O)(=O)NCc2cc(C(=O)OC)ccn2)cc1. The van der Waals surface area contributed by atoms with E-state index in [1.807, 2.05) is 6.92 Å². The summed E-state index contributed by atoms with van der Waals surface area (Å²) < 4.78 is 31.6. The van der Waals surface area contributed by atoms with Gasteiger partial charge in [-0.15, -0.1) is 0 Å². The molecule has 2 aromatic rings. The normalized spacial score (nSPS) is 11.2. The third kappa shape index (κ3) is 4.37. The zero-order valence-corrected chi connectivity index (χ0v) is 13.8. The quantitative estimate of drug-likeness (QED) is 0.816. The first-order valence-electron chi connectivity index (χ1n) is 7.08. The molecule has 2 rings (SSSR count). The van der Waals surface area contributed by atoms with Gasteiger partial charge in [-0.1, -0.05) is 19.1 Å². The molecule has 0 saturated heterocycles. The van der Waals surface area contributed by atoms with E-state index in [2.05, 4.69) is 14.4 Å². The van der Waals surface area contributed by atoms with E-state index in [4.69, 9.17) is 0 Å². The Hall–Kier alpha value is -2.25. The lowest BCUT2D eigenvalue weighted by Crippen LogP contribution is -2.24. The Morgan fingerprint density at radius 2 is 1.91 bits per heavy atom. The van der Waals surface area contributed by atoms with Crippen LogP contribution in [0.1, 0.15) is 28.5 Å². The summed E-state index contributed by atoms with van der Waals surface area (Å²) >= 11 is 0. The van der Waals surface area contributed by atoms with Crippen molar-refractivity contribution in [2.45, 2.75) is 24.8 Å². The van der Waals surface area contributed by atoms with Crippen molar-refractivity contribution >= 4 is 16.0 Å². The van der Waals surface area contributed by atoms with E-state index in [-0.39, 0.29) is 11.4 Å². The fourth-order valence-corrected chi connectivity index (χ4v) is 2.98. The minimum atomic E-state index is -3.63. The molecule has 0 saturated carbocycles. The highest BCUT2D eigenvalue weighted by Crippen LogP contribution is 2.12. The van der Waals surface area contributed by atoms with Crippen LogP contribution in [0, 0.1) is 0 Å². The summed E-state index contributed by atoms with van der Waals surface area (Å²) in [6, 6.07) is 9.70. The number of hydrogen-bond donors (Lipinski definition) is 1. The average molecular weight is 334 g/mol. The van der Waals surface area contributed by atoms with Gasteiger partial charge in [0.15, 0.2) is 0 Å². The molecule has 0 amide bonds.